The van der Waals surface area contributed by atoms with Crippen molar-refractivity contribution in [2.75, 3.05) is 5.32 Å². The van der Waals surface area contributed by atoms with Crippen LogP contribution in [0.4, 0.5) is 160 Å². The molecule has 9 nitrogen and oxygen atoms in total. The smallest absolute Gasteiger partial charge is 0.444 e. The highest BCUT2D eigenvalue weighted by atomic mass is 19.4. The first-order valence-electron chi connectivity index (χ1n) is 17.0. The van der Waals surface area contributed by atoms with Crippen molar-refractivity contribution < 1.29 is 168 Å². The number of carbonyl (C=O) groups is 2. The molecule has 0 radical (unpaired) electrons. The van der Waals surface area contributed by atoms with E-state index in [2.05, 4.69) is 14.5 Å². The molecule has 1 rings (SSSR count). The summed E-state index contributed by atoms with van der Waals surface area (Å²) in [7, 11) is 0. The fraction of sp³-hybridized carbons (Fsp3) is 0.793. The number of anilines is 1. The van der Waals surface area contributed by atoms with Crippen LogP contribution in [0.1, 0.15) is 27.2 Å². The predicted octanol–water partition coefficient (Wildman–Crippen LogP) is 11.4. The fourth-order valence-corrected chi connectivity index (χ4v) is 4.45. The summed E-state index contributed by atoms with van der Waals surface area (Å²) >= 11 is 0. The normalized spacial score (nSPS) is 16.1. The zero-order chi connectivity index (χ0) is 58.3. The molecule has 1 amide bonds. The third-order valence-electron chi connectivity index (χ3n) is 8.44. The van der Waals surface area contributed by atoms with Crippen LogP contribution in [-0.2, 0) is 20.8 Å². The summed E-state index contributed by atoms with van der Waals surface area (Å²) in [6, 6.07) is -11.4. The van der Waals surface area contributed by atoms with Crippen LogP contribution in [0.3, 0.4) is 0 Å². The molecule has 43 heteroatoms. The number of aromatic nitrogens is 2. The van der Waals surface area contributed by atoms with Gasteiger partial charge in [0.05, 0.1) is 0 Å². The lowest BCUT2D eigenvalue weighted by atomic mass is 9.90. The first-order chi connectivity index (χ1) is 31.0. The zero-order valence-corrected chi connectivity index (χ0v) is 33.4. The maximum atomic E-state index is 14.5. The van der Waals surface area contributed by atoms with Gasteiger partial charge >= 0.3 is 113 Å². The Morgan fingerprint density at radius 1 is 0.500 bits per heavy atom. The number of nitrogens with zero attached hydrogens (tertiary/aromatic N) is 2. The number of alkyl halides is 34. The Hall–Kier alpha value is -4.96. The molecule has 0 bridgehead atoms. The van der Waals surface area contributed by atoms with Crippen molar-refractivity contribution in [2.45, 2.75) is 141 Å². The molecule has 2 N–H and O–H groups in total. The van der Waals surface area contributed by atoms with E-state index in [4.69, 9.17) is 0 Å². The molecule has 1 atom stereocenters. The van der Waals surface area contributed by atoms with Gasteiger partial charge in [-0.05, 0) is 33.3 Å². The Kier molecular flexibility index (Phi) is 16.4. The zero-order valence-electron chi connectivity index (χ0n) is 33.4. The summed E-state index contributed by atoms with van der Waals surface area (Å²) < 4.78 is 469. The lowest BCUT2D eigenvalue weighted by Crippen LogP contribution is -2.75. The van der Waals surface area contributed by atoms with Gasteiger partial charge in [-0.3, -0.25) is 4.57 Å². The summed E-state index contributed by atoms with van der Waals surface area (Å²) in [6.45, 7) is 0.832. The number of rotatable bonds is 20. The standard InChI is InChI=1S/C29H18F34N4O5/c1-13(2,3)72-12(70)64-8(10(68)71-29(62,63)25(52,53)21(44,45)17(36,37)15(32,33)19(40,41)23(48,49)27(57,58)59)4-6-67-7-5-9(65-11(67)69)66-28(60,61)24(50,51)20(42,43)16(34,35)14(30,31)18(38,39)22(46,47)26(54,55)56/h5,7-8H,4,6H2,1-3H3,(H,64,70)(H,65,66,69)/t8-/m0/s1. The van der Waals surface area contributed by atoms with Gasteiger partial charge in [0.1, 0.15) is 17.5 Å². The van der Waals surface area contributed by atoms with E-state index < -0.39 is 160 Å². The molecule has 0 unspecified atom stereocenters. The number of esters is 1. The van der Waals surface area contributed by atoms with Crippen LogP contribution in [-0.4, -0.2) is 129 Å². The Balaban J connectivity index is 3.71. The Bertz CT molecular complexity index is 2190. The van der Waals surface area contributed by atoms with Gasteiger partial charge in [-0.15, -0.1) is 0 Å². The van der Waals surface area contributed by atoms with Crippen LogP contribution in [0.2, 0.25) is 0 Å². The molecule has 0 spiro atoms. The molecule has 1 heterocycles. The van der Waals surface area contributed by atoms with E-state index >= 15 is 0 Å². The van der Waals surface area contributed by atoms with Crippen LogP contribution in [0.25, 0.3) is 0 Å². The Morgan fingerprint density at radius 3 is 1.14 bits per heavy atom. The first kappa shape index (κ1) is 65.1. The quantitative estimate of drug-likeness (QED) is 0.0760. The number of ether oxygens (including phenoxy) is 2. The van der Waals surface area contributed by atoms with Crippen molar-refractivity contribution in [3.8, 4) is 0 Å². The molecule has 0 saturated carbocycles. The van der Waals surface area contributed by atoms with Crippen molar-refractivity contribution in [1.82, 2.24) is 14.9 Å². The van der Waals surface area contributed by atoms with Crippen LogP contribution in [0.15, 0.2) is 17.1 Å². The Labute approximate surface area is 371 Å². The minimum absolute atomic E-state index is 0.313. The average Bonchev–Trinajstić information content (AvgIpc) is 3.14. The SMILES string of the molecule is CC(C)(C)OC(=O)N[C@@H](CCn1ccc(NC(F)(F)C(F)(F)C(F)(F)C(F)(F)C(F)(F)C(F)(F)C(F)(F)C(F)(F)F)nc1=O)C(=O)OC(F)(F)C(F)(F)C(F)(F)C(F)(F)C(F)(F)C(F)(F)C(F)(F)C(F)(F)F. The molecule has 1 aromatic rings. The minimum atomic E-state index is -9.20. The molecule has 0 fully saturated rings. The lowest BCUT2D eigenvalue weighted by Gasteiger charge is -2.42. The molecular formula is C29H18F34N4O5. The number of carbonyl (C=O) groups excluding carboxylic acids is 2. The lowest BCUT2D eigenvalue weighted by molar-refractivity contribution is -0.474. The van der Waals surface area contributed by atoms with Gasteiger partial charge in [0.25, 0.3) is 0 Å². The van der Waals surface area contributed by atoms with Crippen molar-refractivity contribution in [1.29, 1.82) is 0 Å². The molecule has 422 valence electrons. The van der Waals surface area contributed by atoms with Gasteiger partial charge < -0.3 is 20.1 Å². The second-order valence-corrected chi connectivity index (χ2v) is 14.8. The van der Waals surface area contributed by atoms with Crippen molar-refractivity contribution >= 4 is 17.9 Å². The van der Waals surface area contributed by atoms with Gasteiger partial charge in [-0.25, -0.2) is 14.4 Å². The third-order valence-corrected chi connectivity index (χ3v) is 8.44. The summed E-state index contributed by atoms with van der Waals surface area (Å²) in [5.41, 5.74) is -4.34. The average molecular weight is 1150 g/mol. The molecular weight excluding hydrogens is 1130 g/mol. The van der Waals surface area contributed by atoms with Gasteiger partial charge in [0, 0.05) is 12.7 Å². The molecule has 0 aliphatic carbocycles. The van der Waals surface area contributed by atoms with Crippen molar-refractivity contribution in [3.63, 3.8) is 0 Å². The monoisotopic (exact) mass is 1150 g/mol. The molecule has 0 saturated heterocycles. The van der Waals surface area contributed by atoms with E-state index in [0.29, 0.717) is 0 Å². The molecule has 1 aromatic heterocycles. The topological polar surface area (TPSA) is 112 Å². The number of aryl methyl sites for hydroxylation is 1. The largest absolute Gasteiger partial charge is 0.473 e. The highest BCUT2D eigenvalue weighted by Crippen LogP contribution is 2.66. The van der Waals surface area contributed by atoms with Gasteiger partial charge in [0.15, 0.2) is 0 Å². The summed E-state index contributed by atoms with van der Waals surface area (Å²) in [4.78, 5) is 39.2. The number of amides is 1. The van der Waals surface area contributed by atoms with E-state index in [1.54, 1.807) is 0 Å². The maximum Gasteiger partial charge on any atom is 0.473 e. The van der Waals surface area contributed by atoms with E-state index in [1.807, 2.05) is 0 Å². The summed E-state index contributed by atoms with van der Waals surface area (Å²) in [5.74, 6) is -112. The number of hydrogen-bond acceptors (Lipinski definition) is 7. The molecule has 0 aromatic carbocycles. The second-order valence-electron chi connectivity index (χ2n) is 14.8. The van der Waals surface area contributed by atoms with E-state index in [0.717, 1.165) is 26.1 Å². The third kappa shape index (κ3) is 10.2. The highest BCUT2D eigenvalue weighted by Gasteiger charge is 2.97. The van der Waals surface area contributed by atoms with E-state index in [-0.39, 0.29) is 6.20 Å². The molecule has 0 aliphatic heterocycles. The molecule has 0 aliphatic rings. The minimum Gasteiger partial charge on any atom is -0.444 e. The molecule has 72 heavy (non-hydrogen) atoms. The van der Waals surface area contributed by atoms with Crippen molar-refractivity contribution in [2.24, 2.45) is 0 Å². The number of alkyl carbamates (subject to hydrolysis) is 1. The second kappa shape index (κ2) is 18.2. The maximum absolute atomic E-state index is 14.5. The van der Waals surface area contributed by atoms with Crippen LogP contribution in [0, 0.1) is 0 Å². The van der Waals surface area contributed by atoms with Crippen LogP contribution in [0.5, 0.6) is 0 Å². The summed E-state index contributed by atoms with van der Waals surface area (Å²) in [6.07, 6.45) is -28.7. The van der Waals surface area contributed by atoms with Crippen molar-refractivity contribution in [3.05, 3.63) is 22.7 Å². The van der Waals surface area contributed by atoms with Gasteiger partial charge in [0.2, 0.25) is 0 Å². The number of hydrogen-bond donors (Lipinski definition) is 2. The van der Waals surface area contributed by atoms with E-state index in [9.17, 15) is 164 Å². The number of nitrogens with one attached hydrogen (secondary N) is 2. The van der Waals surface area contributed by atoms with Crippen LogP contribution < -0.4 is 16.3 Å². The van der Waals surface area contributed by atoms with Gasteiger partial charge in [-0.1, -0.05) is 0 Å². The first-order valence-corrected chi connectivity index (χ1v) is 17.0. The number of halogens is 34. The van der Waals surface area contributed by atoms with E-state index in [1.165, 1.54) is 0 Å². The van der Waals surface area contributed by atoms with Gasteiger partial charge in [-0.2, -0.15) is 154 Å². The summed E-state index contributed by atoms with van der Waals surface area (Å²) in [5, 5.41) is 0.583. The Morgan fingerprint density at radius 2 is 0.819 bits per heavy atom. The van der Waals surface area contributed by atoms with Crippen LogP contribution >= 0.6 is 0 Å². The highest BCUT2D eigenvalue weighted by molar-refractivity contribution is 5.81. The predicted molar refractivity (Wildman–Crippen MR) is 157 cm³/mol. The fourth-order valence-electron chi connectivity index (χ4n) is 4.45.